The number of unbranched alkanes of at least 4 members (excludes halogenated alkanes) is 1. The fourth-order valence-electron chi connectivity index (χ4n) is 4.34. The highest BCUT2D eigenvalue weighted by Crippen LogP contribution is 2.38. The maximum atomic E-state index is 11.1. The van der Waals surface area contributed by atoms with Gasteiger partial charge in [-0.2, -0.15) is 9.97 Å². The number of anilines is 1. The molecule has 0 amide bonds. The Balaban J connectivity index is 1.44. The number of nitrogens with zero attached hydrogens (tertiary/aromatic N) is 4. The van der Waals surface area contributed by atoms with Crippen LogP contribution >= 0.6 is 0 Å². The van der Waals surface area contributed by atoms with Crippen LogP contribution in [0.2, 0.25) is 0 Å². The standard InChI is InChI=1S/C25H35N5O2/c1-3-4-16-32-25-27-22-20(10-11-21(22)24(26)28-25)23(31)19-8-6-18(7-9-19)17-30-13-5-12-29(2)14-15-30/h6-10,23,31H,3-5,11-17H2,1-2H3,(H2,26,27,28). The molecule has 3 N–H and O–H groups in total. The molecule has 7 nitrogen and oxygen atoms in total. The molecule has 32 heavy (non-hydrogen) atoms. The number of rotatable bonds is 8. The van der Waals surface area contributed by atoms with Crippen molar-refractivity contribution in [1.29, 1.82) is 0 Å². The van der Waals surface area contributed by atoms with Crippen molar-refractivity contribution in [1.82, 2.24) is 19.8 Å². The van der Waals surface area contributed by atoms with Gasteiger partial charge in [0, 0.05) is 30.8 Å². The molecule has 1 fully saturated rings. The summed E-state index contributed by atoms with van der Waals surface area (Å²) in [4.78, 5) is 13.8. The number of likely N-dealkylation sites (N-methyl/N-ethyl adjacent to an activating group) is 1. The van der Waals surface area contributed by atoms with Crippen molar-refractivity contribution in [3.63, 3.8) is 0 Å². The molecule has 2 aromatic rings. The second-order valence-corrected chi connectivity index (χ2v) is 8.86. The molecule has 1 aliphatic carbocycles. The van der Waals surface area contributed by atoms with Crippen LogP contribution in [-0.2, 0) is 13.0 Å². The summed E-state index contributed by atoms with van der Waals surface area (Å²) in [6.45, 7) is 8.10. The number of aromatic nitrogens is 2. The van der Waals surface area contributed by atoms with Gasteiger partial charge in [-0.15, -0.1) is 0 Å². The number of ether oxygens (including phenoxy) is 1. The molecule has 0 radical (unpaired) electrons. The van der Waals surface area contributed by atoms with Crippen LogP contribution in [-0.4, -0.2) is 64.7 Å². The minimum atomic E-state index is -0.755. The highest BCUT2D eigenvalue weighted by atomic mass is 16.5. The van der Waals surface area contributed by atoms with E-state index >= 15 is 0 Å². The van der Waals surface area contributed by atoms with Crippen molar-refractivity contribution in [2.75, 3.05) is 45.6 Å². The summed E-state index contributed by atoms with van der Waals surface area (Å²) < 4.78 is 5.67. The molecule has 0 saturated carbocycles. The summed E-state index contributed by atoms with van der Waals surface area (Å²) in [6.07, 6.45) is 5.05. The molecule has 2 aliphatic rings. The predicted octanol–water partition coefficient (Wildman–Crippen LogP) is 3.05. The van der Waals surface area contributed by atoms with Crippen LogP contribution < -0.4 is 10.5 Å². The van der Waals surface area contributed by atoms with E-state index in [1.54, 1.807) is 0 Å². The van der Waals surface area contributed by atoms with Crippen LogP contribution in [0.5, 0.6) is 6.01 Å². The molecular weight excluding hydrogens is 402 g/mol. The van der Waals surface area contributed by atoms with Crippen molar-refractivity contribution in [2.45, 2.75) is 45.3 Å². The number of allylic oxidation sites excluding steroid dienone is 1. The van der Waals surface area contributed by atoms with Crippen LogP contribution in [0.3, 0.4) is 0 Å². The summed E-state index contributed by atoms with van der Waals surface area (Å²) in [5.41, 5.74) is 10.6. The third kappa shape index (κ3) is 5.28. The number of nitrogens with two attached hydrogens (primary N) is 1. The van der Waals surface area contributed by atoms with E-state index in [-0.39, 0.29) is 6.01 Å². The Morgan fingerprint density at radius 3 is 2.72 bits per heavy atom. The Kier molecular flexibility index (Phi) is 7.40. The Bertz CT molecular complexity index is 944. The third-order valence-electron chi connectivity index (χ3n) is 6.36. The fourth-order valence-corrected chi connectivity index (χ4v) is 4.34. The van der Waals surface area contributed by atoms with Crippen molar-refractivity contribution in [3.05, 3.63) is 52.7 Å². The smallest absolute Gasteiger partial charge is 0.318 e. The zero-order valence-electron chi connectivity index (χ0n) is 19.3. The Morgan fingerprint density at radius 2 is 1.94 bits per heavy atom. The third-order valence-corrected chi connectivity index (χ3v) is 6.36. The average molecular weight is 438 g/mol. The molecule has 1 atom stereocenters. The van der Waals surface area contributed by atoms with Crippen molar-refractivity contribution < 1.29 is 9.84 Å². The largest absolute Gasteiger partial charge is 0.463 e. The molecule has 1 aromatic heterocycles. The molecule has 0 bridgehead atoms. The van der Waals surface area contributed by atoms with Gasteiger partial charge in [-0.3, -0.25) is 4.90 Å². The van der Waals surface area contributed by atoms with Gasteiger partial charge in [0.2, 0.25) is 0 Å². The minimum absolute atomic E-state index is 0.285. The van der Waals surface area contributed by atoms with E-state index in [1.807, 2.05) is 18.2 Å². The number of fused-ring (bicyclic) bond motifs is 1. The normalized spacial score (nSPS) is 18.2. The minimum Gasteiger partial charge on any atom is -0.463 e. The fraction of sp³-hybridized carbons (Fsp3) is 0.520. The van der Waals surface area contributed by atoms with E-state index < -0.39 is 6.10 Å². The zero-order chi connectivity index (χ0) is 22.5. The summed E-state index contributed by atoms with van der Waals surface area (Å²) in [5, 5.41) is 11.1. The van der Waals surface area contributed by atoms with Crippen molar-refractivity contribution >= 4 is 11.4 Å². The first kappa shape index (κ1) is 22.7. The van der Waals surface area contributed by atoms with Gasteiger partial charge in [-0.25, -0.2) is 0 Å². The van der Waals surface area contributed by atoms with Crippen molar-refractivity contribution in [3.8, 4) is 6.01 Å². The molecule has 172 valence electrons. The maximum Gasteiger partial charge on any atom is 0.318 e. The molecule has 0 spiro atoms. The van der Waals surface area contributed by atoms with E-state index in [0.717, 1.165) is 62.3 Å². The second kappa shape index (κ2) is 10.4. The van der Waals surface area contributed by atoms with Gasteiger partial charge in [0.05, 0.1) is 12.3 Å². The van der Waals surface area contributed by atoms with Gasteiger partial charge in [0.25, 0.3) is 0 Å². The second-order valence-electron chi connectivity index (χ2n) is 8.86. The number of hydrogen-bond donors (Lipinski definition) is 2. The van der Waals surface area contributed by atoms with Crippen molar-refractivity contribution in [2.24, 2.45) is 0 Å². The lowest BCUT2D eigenvalue weighted by Crippen LogP contribution is -2.28. The summed E-state index contributed by atoms with van der Waals surface area (Å²) in [5.74, 6) is 0.429. The molecule has 1 aliphatic heterocycles. The molecular formula is C25H35N5O2. The van der Waals surface area contributed by atoms with Crippen LogP contribution in [0.15, 0.2) is 30.3 Å². The highest BCUT2D eigenvalue weighted by molar-refractivity contribution is 5.77. The molecule has 4 rings (SSSR count). The lowest BCUT2D eigenvalue weighted by Gasteiger charge is -2.20. The Hall–Kier alpha value is -2.48. The van der Waals surface area contributed by atoms with Gasteiger partial charge in [-0.1, -0.05) is 43.7 Å². The topological polar surface area (TPSA) is 87.7 Å². The highest BCUT2D eigenvalue weighted by Gasteiger charge is 2.27. The first-order valence-electron chi connectivity index (χ1n) is 11.7. The van der Waals surface area contributed by atoms with Gasteiger partial charge in [-0.05, 0) is 50.5 Å². The van der Waals surface area contributed by atoms with E-state index in [9.17, 15) is 5.11 Å². The molecule has 1 aromatic carbocycles. The number of hydrogen-bond acceptors (Lipinski definition) is 7. The monoisotopic (exact) mass is 437 g/mol. The van der Waals surface area contributed by atoms with Gasteiger partial charge in [0.15, 0.2) is 0 Å². The van der Waals surface area contributed by atoms with Crippen LogP contribution in [0.1, 0.15) is 54.7 Å². The van der Waals surface area contributed by atoms with Gasteiger partial charge < -0.3 is 20.5 Å². The van der Waals surface area contributed by atoms with Gasteiger partial charge in [0.1, 0.15) is 11.9 Å². The van der Waals surface area contributed by atoms with Gasteiger partial charge >= 0.3 is 6.01 Å². The molecule has 1 unspecified atom stereocenters. The number of benzene rings is 1. The Labute approximate surface area is 190 Å². The first-order chi connectivity index (χ1) is 15.5. The van der Waals surface area contributed by atoms with Crippen LogP contribution in [0.25, 0.3) is 5.57 Å². The Morgan fingerprint density at radius 1 is 1.12 bits per heavy atom. The zero-order valence-corrected chi connectivity index (χ0v) is 19.3. The summed E-state index contributed by atoms with van der Waals surface area (Å²) >= 11 is 0. The quantitative estimate of drug-likeness (QED) is 0.614. The van der Waals surface area contributed by atoms with E-state index in [1.165, 1.54) is 12.0 Å². The lowest BCUT2D eigenvalue weighted by atomic mass is 9.99. The summed E-state index contributed by atoms with van der Waals surface area (Å²) in [7, 11) is 2.19. The van der Waals surface area contributed by atoms with E-state index in [2.05, 4.69) is 45.9 Å². The lowest BCUT2D eigenvalue weighted by molar-refractivity contribution is 0.237. The maximum absolute atomic E-state index is 11.1. The number of aliphatic hydroxyl groups is 1. The SMILES string of the molecule is CCCCOc1nc(N)c2c(n1)C(C(O)c1ccc(CN3CCCN(C)CC3)cc1)=CC2. The number of aliphatic hydroxyl groups excluding tert-OH is 1. The first-order valence-corrected chi connectivity index (χ1v) is 11.7. The molecule has 2 heterocycles. The number of nitrogen functional groups attached to an aromatic ring is 1. The average Bonchev–Trinajstić information content (AvgIpc) is 3.11. The summed E-state index contributed by atoms with van der Waals surface area (Å²) in [6, 6.07) is 8.57. The predicted molar refractivity (Wildman–Crippen MR) is 127 cm³/mol. The molecule has 1 saturated heterocycles. The van der Waals surface area contributed by atoms with Crippen LogP contribution in [0.4, 0.5) is 5.82 Å². The van der Waals surface area contributed by atoms with Crippen LogP contribution in [0, 0.1) is 0 Å². The molecule has 7 heteroatoms. The van der Waals surface area contributed by atoms with E-state index in [0.29, 0.717) is 24.5 Å². The van der Waals surface area contributed by atoms with E-state index in [4.69, 9.17) is 10.5 Å².